The summed E-state index contributed by atoms with van der Waals surface area (Å²) in [5.74, 6) is -3.33. The maximum absolute atomic E-state index is 14.0. The molecule has 46 heavy (non-hydrogen) atoms. The standard InChI is InChI=1S/C38H48N2O6/c1-25-23-26(21-22-29(25)27-16-10-8-11-17-27)15-14-20-30(32-36(43)46-38(5,6)45-32)34(41)40-33(37(2,3)4)35(42)39-31(24-44-7)28-18-12-9-13-19-28/h8-13,16-19,21-23,30-33H,14-15,20,24H2,1-7H3,(H,39,42)(H,40,41)/t30-,31?,32?,33-/m1/s1. The van der Waals surface area contributed by atoms with E-state index in [4.69, 9.17) is 14.2 Å². The number of hydrogen-bond acceptors (Lipinski definition) is 6. The third kappa shape index (κ3) is 9.04. The van der Waals surface area contributed by atoms with E-state index in [0.29, 0.717) is 19.3 Å². The van der Waals surface area contributed by atoms with Crippen molar-refractivity contribution in [3.8, 4) is 11.1 Å². The van der Waals surface area contributed by atoms with E-state index in [1.807, 2.05) is 69.3 Å². The Morgan fingerprint density at radius 2 is 1.59 bits per heavy atom. The first-order valence-electron chi connectivity index (χ1n) is 16.0. The normalized spacial score (nSPS) is 17.9. The molecule has 1 aliphatic heterocycles. The lowest BCUT2D eigenvalue weighted by molar-refractivity contribution is -0.162. The highest BCUT2D eigenvalue weighted by atomic mass is 16.8. The van der Waals surface area contributed by atoms with Crippen LogP contribution in [0.2, 0.25) is 0 Å². The third-order valence-corrected chi connectivity index (χ3v) is 8.31. The van der Waals surface area contributed by atoms with Gasteiger partial charge in [0.15, 0.2) is 6.10 Å². The van der Waals surface area contributed by atoms with E-state index < -0.39 is 47.2 Å². The zero-order chi connectivity index (χ0) is 33.5. The Hall–Kier alpha value is -4.01. The average molecular weight is 629 g/mol. The number of hydrogen-bond donors (Lipinski definition) is 2. The summed E-state index contributed by atoms with van der Waals surface area (Å²) in [7, 11) is 1.58. The number of ether oxygens (including phenoxy) is 3. The van der Waals surface area contributed by atoms with Crippen molar-refractivity contribution >= 4 is 17.8 Å². The summed E-state index contributed by atoms with van der Waals surface area (Å²) < 4.78 is 16.8. The van der Waals surface area contributed by atoms with Crippen molar-refractivity contribution in [2.75, 3.05) is 13.7 Å². The predicted octanol–water partition coefficient (Wildman–Crippen LogP) is 6.31. The number of carbonyl (C=O) groups excluding carboxylic acids is 3. The van der Waals surface area contributed by atoms with Crippen LogP contribution in [0.5, 0.6) is 0 Å². The van der Waals surface area contributed by atoms with Gasteiger partial charge in [0.25, 0.3) is 0 Å². The first-order chi connectivity index (χ1) is 21.8. The largest absolute Gasteiger partial charge is 0.432 e. The van der Waals surface area contributed by atoms with Crippen molar-refractivity contribution in [1.82, 2.24) is 10.6 Å². The minimum absolute atomic E-state index is 0.270. The molecular weight excluding hydrogens is 580 g/mol. The topological polar surface area (TPSA) is 103 Å². The molecule has 246 valence electrons. The van der Waals surface area contributed by atoms with Crippen molar-refractivity contribution in [3.05, 3.63) is 95.6 Å². The number of rotatable bonds is 13. The summed E-state index contributed by atoms with van der Waals surface area (Å²) in [6.07, 6.45) is 0.637. The van der Waals surface area contributed by atoms with Gasteiger partial charge in [-0.05, 0) is 59.4 Å². The molecule has 1 heterocycles. The summed E-state index contributed by atoms with van der Waals surface area (Å²) in [5.41, 5.74) is 4.92. The van der Waals surface area contributed by atoms with Crippen LogP contribution < -0.4 is 10.6 Å². The number of carbonyl (C=O) groups is 3. The molecule has 2 unspecified atom stereocenters. The highest BCUT2D eigenvalue weighted by Gasteiger charge is 2.48. The van der Waals surface area contributed by atoms with E-state index in [1.165, 1.54) is 11.1 Å². The minimum Gasteiger partial charge on any atom is -0.432 e. The molecule has 2 amide bonds. The van der Waals surface area contributed by atoms with Crippen LogP contribution in [0.25, 0.3) is 11.1 Å². The van der Waals surface area contributed by atoms with E-state index >= 15 is 0 Å². The quantitative estimate of drug-likeness (QED) is 0.215. The first kappa shape index (κ1) is 34.9. The number of esters is 1. The number of methoxy groups -OCH3 is 1. The second-order valence-corrected chi connectivity index (χ2v) is 13.6. The fraction of sp³-hybridized carbons (Fsp3) is 0.447. The molecule has 0 aromatic heterocycles. The van der Waals surface area contributed by atoms with Gasteiger partial charge in [-0.25, -0.2) is 4.79 Å². The van der Waals surface area contributed by atoms with Crippen LogP contribution in [0.4, 0.5) is 0 Å². The Kier molecular flexibility index (Phi) is 11.4. The zero-order valence-electron chi connectivity index (χ0n) is 28.1. The van der Waals surface area contributed by atoms with E-state index in [1.54, 1.807) is 21.0 Å². The van der Waals surface area contributed by atoms with Crippen molar-refractivity contribution in [1.29, 1.82) is 0 Å². The lowest BCUT2D eigenvalue weighted by Gasteiger charge is -2.33. The van der Waals surface area contributed by atoms with Gasteiger partial charge in [-0.1, -0.05) is 99.6 Å². The number of amides is 2. The summed E-state index contributed by atoms with van der Waals surface area (Å²) >= 11 is 0. The van der Waals surface area contributed by atoms with Crippen molar-refractivity contribution in [2.24, 2.45) is 11.3 Å². The molecular formula is C38H48N2O6. The van der Waals surface area contributed by atoms with Gasteiger partial charge < -0.3 is 24.8 Å². The minimum atomic E-state index is -1.14. The molecule has 1 saturated heterocycles. The van der Waals surface area contributed by atoms with Gasteiger partial charge in [-0.15, -0.1) is 0 Å². The third-order valence-electron chi connectivity index (χ3n) is 8.31. The van der Waals surface area contributed by atoms with Crippen molar-refractivity contribution in [2.45, 2.75) is 84.8 Å². The van der Waals surface area contributed by atoms with Gasteiger partial charge in [0, 0.05) is 21.0 Å². The van der Waals surface area contributed by atoms with E-state index in [-0.39, 0.29) is 12.5 Å². The maximum Gasteiger partial charge on any atom is 0.338 e. The fourth-order valence-corrected chi connectivity index (χ4v) is 5.95. The average Bonchev–Trinajstić information content (AvgIpc) is 3.29. The second kappa shape index (κ2) is 15.1. The SMILES string of the molecule is COCC(NC(=O)[C@@H](NC(=O)[C@H](CCCc1ccc(-c2ccccc2)c(C)c1)C1OC(C)(C)OC1=O)C(C)(C)C)c1ccccc1. The van der Waals surface area contributed by atoms with E-state index in [9.17, 15) is 14.4 Å². The first-order valence-corrected chi connectivity index (χ1v) is 16.0. The molecule has 1 aliphatic rings. The van der Waals surface area contributed by atoms with Gasteiger partial charge in [-0.2, -0.15) is 0 Å². The van der Waals surface area contributed by atoms with Crippen LogP contribution in [0.15, 0.2) is 78.9 Å². The van der Waals surface area contributed by atoms with Crippen molar-refractivity contribution < 1.29 is 28.6 Å². The molecule has 0 radical (unpaired) electrons. The molecule has 8 heteroatoms. The molecule has 0 bridgehead atoms. The summed E-state index contributed by atoms with van der Waals surface area (Å²) in [4.78, 5) is 40.7. The zero-order valence-corrected chi connectivity index (χ0v) is 28.1. The molecule has 1 fully saturated rings. The monoisotopic (exact) mass is 628 g/mol. The van der Waals surface area contributed by atoms with Gasteiger partial charge >= 0.3 is 5.97 Å². The van der Waals surface area contributed by atoms with Crippen LogP contribution in [-0.4, -0.2) is 49.4 Å². The molecule has 4 rings (SSSR count). The number of aryl methyl sites for hydroxylation is 2. The van der Waals surface area contributed by atoms with Crippen LogP contribution in [-0.2, 0) is 35.0 Å². The smallest absolute Gasteiger partial charge is 0.338 e. The maximum atomic E-state index is 14.0. The number of nitrogens with one attached hydrogen (secondary N) is 2. The molecule has 4 atom stereocenters. The highest BCUT2D eigenvalue weighted by Crippen LogP contribution is 2.32. The van der Waals surface area contributed by atoms with Crippen LogP contribution in [0.3, 0.4) is 0 Å². The molecule has 8 nitrogen and oxygen atoms in total. The molecule has 3 aromatic carbocycles. The Morgan fingerprint density at radius 3 is 2.15 bits per heavy atom. The van der Waals surface area contributed by atoms with E-state index in [0.717, 1.165) is 16.7 Å². The molecule has 2 N–H and O–H groups in total. The Labute approximate surface area is 273 Å². The number of benzene rings is 3. The Morgan fingerprint density at radius 1 is 0.935 bits per heavy atom. The summed E-state index contributed by atoms with van der Waals surface area (Å²) in [6.45, 7) is 11.4. The second-order valence-electron chi connectivity index (χ2n) is 13.6. The van der Waals surface area contributed by atoms with Gasteiger partial charge in [-0.3, -0.25) is 9.59 Å². The molecule has 3 aromatic rings. The Balaban J connectivity index is 1.50. The van der Waals surface area contributed by atoms with E-state index in [2.05, 4.69) is 47.9 Å². The molecule has 0 aliphatic carbocycles. The van der Waals surface area contributed by atoms with Gasteiger partial charge in [0.2, 0.25) is 17.6 Å². The number of cyclic esters (lactones) is 1. The summed E-state index contributed by atoms with van der Waals surface area (Å²) in [5, 5.41) is 6.05. The predicted molar refractivity (Wildman–Crippen MR) is 179 cm³/mol. The Bertz CT molecular complexity index is 1480. The lowest BCUT2D eigenvalue weighted by atomic mass is 9.84. The van der Waals surface area contributed by atoms with Crippen LogP contribution >= 0.6 is 0 Å². The molecule has 0 spiro atoms. The van der Waals surface area contributed by atoms with Crippen LogP contribution in [0.1, 0.15) is 70.2 Å². The van der Waals surface area contributed by atoms with Gasteiger partial charge in [0.05, 0.1) is 18.6 Å². The molecule has 0 saturated carbocycles. The van der Waals surface area contributed by atoms with Crippen molar-refractivity contribution in [3.63, 3.8) is 0 Å². The fourth-order valence-electron chi connectivity index (χ4n) is 5.95. The lowest BCUT2D eigenvalue weighted by Crippen LogP contribution is -2.56. The highest BCUT2D eigenvalue weighted by molar-refractivity contribution is 5.92. The van der Waals surface area contributed by atoms with Crippen LogP contribution in [0, 0.1) is 18.3 Å². The van der Waals surface area contributed by atoms with Gasteiger partial charge in [0.1, 0.15) is 6.04 Å². The summed E-state index contributed by atoms with van der Waals surface area (Å²) in [6, 6.07) is 24.9.